The molecule has 0 unspecified atom stereocenters. The number of para-hydroxylation sites is 1. The maximum absolute atomic E-state index is 6.48. The van der Waals surface area contributed by atoms with Gasteiger partial charge < -0.3 is 4.42 Å². The van der Waals surface area contributed by atoms with Gasteiger partial charge in [-0.1, -0.05) is 86.1 Å². The molecule has 0 fully saturated rings. The monoisotopic (exact) mass is 394 g/mol. The second-order valence-electron chi connectivity index (χ2n) is 8.33. The van der Waals surface area contributed by atoms with Gasteiger partial charge in [0.1, 0.15) is 11.2 Å². The van der Waals surface area contributed by atoms with Crippen LogP contribution in [0.15, 0.2) is 83.3 Å². The van der Waals surface area contributed by atoms with Crippen LogP contribution in [0.4, 0.5) is 0 Å². The van der Waals surface area contributed by atoms with Crippen molar-refractivity contribution in [2.45, 2.75) is 19.3 Å². The van der Waals surface area contributed by atoms with E-state index in [-0.39, 0.29) is 5.41 Å². The van der Waals surface area contributed by atoms with E-state index in [1.165, 1.54) is 27.8 Å². The highest BCUT2D eigenvalue weighted by atomic mass is 35.5. The van der Waals surface area contributed by atoms with E-state index < -0.39 is 0 Å². The molecule has 0 N–H and O–H groups in total. The van der Waals surface area contributed by atoms with Gasteiger partial charge >= 0.3 is 0 Å². The number of furan rings is 1. The zero-order valence-electron chi connectivity index (χ0n) is 16.3. The van der Waals surface area contributed by atoms with Crippen LogP contribution in [0, 0.1) is 0 Å². The summed E-state index contributed by atoms with van der Waals surface area (Å²) in [6, 6.07) is 27.7. The van der Waals surface area contributed by atoms with Crippen LogP contribution in [0.5, 0.6) is 0 Å². The molecule has 1 heterocycles. The standard InChI is InChI=1S/C27H19ClO/c1-27(2)21-10-4-3-7-18(21)19-14-13-16(15-22(19)27)17-8-5-9-20-25-23(28)11-6-12-24(25)29-26(17)20/h3-15H,1-2H3. The topological polar surface area (TPSA) is 13.1 Å². The van der Waals surface area contributed by atoms with Gasteiger partial charge in [-0.3, -0.25) is 0 Å². The van der Waals surface area contributed by atoms with E-state index in [0.717, 1.165) is 32.5 Å². The molecule has 1 aromatic heterocycles. The maximum Gasteiger partial charge on any atom is 0.143 e. The fourth-order valence-electron chi connectivity index (χ4n) is 4.90. The van der Waals surface area contributed by atoms with Crippen molar-refractivity contribution in [1.29, 1.82) is 0 Å². The largest absolute Gasteiger partial charge is 0.455 e. The van der Waals surface area contributed by atoms with Gasteiger partial charge in [0.2, 0.25) is 0 Å². The Morgan fingerprint density at radius 1 is 0.724 bits per heavy atom. The lowest BCUT2D eigenvalue weighted by Gasteiger charge is -2.22. The lowest BCUT2D eigenvalue weighted by atomic mass is 9.81. The molecule has 0 bridgehead atoms. The van der Waals surface area contributed by atoms with E-state index in [1.54, 1.807) is 0 Å². The molecule has 0 saturated heterocycles. The van der Waals surface area contributed by atoms with Crippen molar-refractivity contribution in [2.24, 2.45) is 0 Å². The number of rotatable bonds is 1. The van der Waals surface area contributed by atoms with Crippen LogP contribution in [0.2, 0.25) is 5.02 Å². The fourth-order valence-corrected chi connectivity index (χ4v) is 5.17. The number of fused-ring (bicyclic) bond motifs is 6. The molecule has 0 spiro atoms. The van der Waals surface area contributed by atoms with Crippen molar-refractivity contribution < 1.29 is 4.42 Å². The van der Waals surface area contributed by atoms with Crippen molar-refractivity contribution in [2.75, 3.05) is 0 Å². The molecule has 1 aliphatic rings. The summed E-state index contributed by atoms with van der Waals surface area (Å²) in [5.74, 6) is 0. The van der Waals surface area contributed by atoms with Crippen LogP contribution in [0.3, 0.4) is 0 Å². The first kappa shape index (κ1) is 16.9. The molecule has 140 valence electrons. The van der Waals surface area contributed by atoms with Gasteiger partial charge in [0.25, 0.3) is 0 Å². The lowest BCUT2D eigenvalue weighted by molar-refractivity contribution is 0.660. The molecule has 4 aromatic carbocycles. The van der Waals surface area contributed by atoms with Crippen LogP contribution in [0.1, 0.15) is 25.0 Å². The Labute approximate surface area is 174 Å². The molecule has 2 heteroatoms. The fraction of sp³-hybridized carbons (Fsp3) is 0.111. The number of hydrogen-bond acceptors (Lipinski definition) is 1. The summed E-state index contributed by atoms with van der Waals surface area (Å²) in [7, 11) is 0. The second-order valence-corrected chi connectivity index (χ2v) is 8.74. The van der Waals surface area contributed by atoms with Crippen molar-refractivity contribution >= 4 is 33.5 Å². The molecule has 1 nitrogen and oxygen atoms in total. The van der Waals surface area contributed by atoms with Crippen LogP contribution in [-0.2, 0) is 5.41 Å². The van der Waals surface area contributed by atoms with Crippen LogP contribution in [0.25, 0.3) is 44.2 Å². The summed E-state index contributed by atoms with van der Waals surface area (Å²) in [4.78, 5) is 0. The smallest absolute Gasteiger partial charge is 0.143 e. The summed E-state index contributed by atoms with van der Waals surface area (Å²) in [6.45, 7) is 4.62. The zero-order valence-corrected chi connectivity index (χ0v) is 17.0. The quantitative estimate of drug-likeness (QED) is 0.279. The van der Waals surface area contributed by atoms with Gasteiger partial charge in [0.15, 0.2) is 0 Å². The van der Waals surface area contributed by atoms with Crippen molar-refractivity contribution in [1.82, 2.24) is 0 Å². The minimum atomic E-state index is -0.0208. The Bertz CT molecular complexity index is 1440. The van der Waals surface area contributed by atoms with E-state index in [9.17, 15) is 0 Å². The normalized spacial score (nSPS) is 14.3. The van der Waals surface area contributed by atoms with Crippen LogP contribution >= 0.6 is 11.6 Å². The molecular weight excluding hydrogens is 376 g/mol. The first-order valence-corrected chi connectivity index (χ1v) is 10.3. The van der Waals surface area contributed by atoms with Crippen LogP contribution < -0.4 is 0 Å². The molecule has 0 amide bonds. The Balaban J connectivity index is 1.62. The van der Waals surface area contributed by atoms with Gasteiger partial charge in [-0.2, -0.15) is 0 Å². The molecule has 0 radical (unpaired) electrons. The molecule has 0 atom stereocenters. The Morgan fingerprint density at radius 2 is 1.48 bits per heavy atom. The van der Waals surface area contributed by atoms with Gasteiger partial charge in [0.05, 0.1) is 5.02 Å². The Morgan fingerprint density at radius 3 is 2.38 bits per heavy atom. The van der Waals surface area contributed by atoms with Gasteiger partial charge in [-0.25, -0.2) is 0 Å². The predicted octanol–water partition coefficient (Wildman–Crippen LogP) is 8.21. The third-order valence-electron chi connectivity index (χ3n) is 6.37. The van der Waals surface area contributed by atoms with Crippen LogP contribution in [-0.4, -0.2) is 0 Å². The van der Waals surface area contributed by atoms with Gasteiger partial charge in [0, 0.05) is 21.8 Å². The molecule has 0 aliphatic heterocycles. The molecule has 6 rings (SSSR count). The minimum Gasteiger partial charge on any atom is -0.455 e. The predicted molar refractivity (Wildman–Crippen MR) is 122 cm³/mol. The summed E-state index contributed by atoms with van der Waals surface area (Å²) in [6.07, 6.45) is 0. The van der Waals surface area contributed by atoms with E-state index in [2.05, 4.69) is 74.5 Å². The Hall–Kier alpha value is -3.03. The highest BCUT2D eigenvalue weighted by Gasteiger charge is 2.35. The highest BCUT2D eigenvalue weighted by molar-refractivity contribution is 6.37. The first-order chi connectivity index (χ1) is 14.1. The van der Waals surface area contributed by atoms with E-state index in [0.29, 0.717) is 0 Å². The zero-order chi connectivity index (χ0) is 19.8. The Kier molecular flexibility index (Phi) is 3.34. The lowest BCUT2D eigenvalue weighted by Crippen LogP contribution is -2.14. The maximum atomic E-state index is 6.48. The number of benzene rings is 4. The van der Waals surface area contributed by atoms with E-state index >= 15 is 0 Å². The molecule has 0 saturated carbocycles. The summed E-state index contributed by atoms with van der Waals surface area (Å²) < 4.78 is 6.27. The second kappa shape index (κ2) is 5.75. The summed E-state index contributed by atoms with van der Waals surface area (Å²) in [5, 5.41) is 2.77. The summed E-state index contributed by atoms with van der Waals surface area (Å²) in [5.41, 5.74) is 9.39. The van der Waals surface area contributed by atoms with E-state index in [1.807, 2.05) is 18.2 Å². The molecule has 29 heavy (non-hydrogen) atoms. The third-order valence-corrected chi connectivity index (χ3v) is 6.68. The van der Waals surface area contributed by atoms with Gasteiger partial charge in [-0.05, 0) is 46.0 Å². The number of halogens is 1. The van der Waals surface area contributed by atoms with Crippen molar-refractivity contribution in [3.63, 3.8) is 0 Å². The molecular formula is C27H19ClO. The third kappa shape index (κ3) is 2.22. The average Bonchev–Trinajstić information content (AvgIpc) is 3.22. The highest BCUT2D eigenvalue weighted by Crippen LogP contribution is 2.50. The molecule has 1 aliphatic carbocycles. The molecule has 5 aromatic rings. The van der Waals surface area contributed by atoms with E-state index in [4.69, 9.17) is 16.0 Å². The average molecular weight is 395 g/mol. The first-order valence-electron chi connectivity index (χ1n) is 9.90. The van der Waals surface area contributed by atoms with Gasteiger partial charge in [-0.15, -0.1) is 0 Å². The number of hydrogen-bond donors (Lipinski definition) is 0. The minimum absolute atomic E-state index is 0.0208. The van der Waals surface area contributed by atoms with Crippen molar-refractivity contribution in [3.8, 4) is 22.3 Å². The summed E-state index contributed by atoms with van der Waals surface area (Å²) >= 11 is 6.48. The van der Waals surface area contributed by atoms with Crippen molar-refractivity contribution in [3.05, 3.63) is 95.0 Å². The SMILES string of the molecule is CC1(C)c2ccccc2-c2ccc(-c3cccc4c3oc3cccc(Cl)c34)cc21.